The summed E-state index contributed by atoms with van der Waals surface area (Å²) in [6.07, 6.45) is 59.0. The van der Waals surface area contributed by atoms with Gasteiger partial charge < -0.3 is 20.3 Å². The second kappa shape index (κ2) is 51.2. The Bertz CT molecular complexity index is 909. The highest BCUT2D eigenvalue weighted by atomic mass is 16.5. The number of unbranched alkanes of at least 4 members (excludes halogenated alkanes) is 38. The van der Waals surface area contributed by atoms with E-state index in [1.54, 1.807) is 0 Å². The van der Waals surface area contributed by atoms with Crippen molar-refractivity contribution >= 4 is 11.9 Å². The lowest BCUT2D eigenvalue weighted by molar-refractivity contribution is -0.143. The van der Waals surface area contributed by atoms with Crippen LogP contribution in [0, 0.1) is 0 Å². The first-order valence-electron chi connectivity index (χ1n) is 27.4. The van der Waals surface area contributed by atoms with Crippen LogP contribution in [0.25, 0.3) is 0 Å². The zero-order chi connectivity index (χ0) is 44.4. The lowest BCUT2D eigenvalue weighted by Crippen LogP contribution is -2.45. The van der Waals surface area contributed by atoms with Gasteiger partial charge in [0.1, 0.15) is 0 Å². The van der Waals surface area contributed by atoms with Crippen molar-refractivity contribution in [2.75, 3.05) is 13.2 Å². The molecule has 0 aliphatic rings. The van der Waals surface area contributed by atoms with Crippen molar-refractivity contribution in [3.63, 3.8) is 0 Å². The van der Waals surface area contributed by atoms with Crippen LogP contribution in [0.2, 0.25) is 0 Å². The summed E-state index contributed by atoms with van der Waals surface area (Å²) in [5.74, 6) is -0.0499. The molecule has 6 nitrogen and oxygen atoms in total. The fourth-order valence-corrected chi connectivity index (χ4v) is 8.58. The zero-order valence-corrected chi connectivity index (χ0v) is 41.2. The van der Waals surface area contributed by atoms with Crippen LogP contribution in [0.15, 0.2) is 12.2 Å². The van der Waals surface area contributed by atoms with Gasteiger partial charge in [0.25, 0.3) is 0 Å². The number of aliphatic hydroxyl groups is 2. The van der Waals surface area contributed by atoms with E-state index < -0.39 is 12.1 Å². The summed E-state index contributed by atoms with van der Waals surface area (Å²) in [5, 5.41) is 23.3. The van der Waals surface area contributed by atoms with Crippen LogP contribution in [0.3, 0.4) is 0 Å². The fraction of sp³-hybridized carbons (Fsp3) is 0.927. The van der Waals surface area contributed by atoms with E-state index >= 15 is 0 Å². The van der Waals surface area contributed by atoms with Gasteiger partial charge in [-0.05, 0) is 51.4 Å². The number of carbonyl (C=O) groups is 2. The number of aliphatic hydroxyl groups excluding tert-OH is 2. The van der Waals surface area contributed by atoms with Crippen molar-refractivity contribution < 1.29 is 24.5 Å². The minimum Gasteiger partial charge on any atom is -0.466 e. The second-order valence-electron chi connectivity index (χ2n) is 18.9. The van der Waals surface area contributed by atoms with Gasteiger partial charge in [-0.15, -0.1) is 0 Å². The number of allylic oxidation sites excluding steroid dienone is 2. The summed E-state index contributed by atoms with van der Waals surface area (Å²) in [6.45, 7) is 4.93. The standard InChI is InChI=1S/C55H107NO5/c1-3-5-7-9-11-13-15-17-18-20-24-27-31-35-39-43-47-53(58)52(51-57)56-54(59)48-44-40-36-32-28-25-21-19-22-26-30-34-38-42-46-50-61-55(60)49-45-41-37-33-29-23-16-14-12-10-8-6-4-2/h14,16,52-53,57-58H,3-13,15,17-51H2,1-2H3,(H,56,59)/b16-14-. The van der Waals surface area contributed by atoms with Gasteiger partial charge in [0.15, 0.2) is 0 Å². The van der Waals surface area contributed by atoms with E-state index in [9.17, 15) is 19.8 Å². The molecule has 61 heavy (non-hydrogen) atoms. The number of amides is 1. The van der Waals surface area contributed by atoms with E-state index in [-0.39, 0.29) is 18.5 Å². The van der Waals surface area contributed by atoms with Gasteiger partial charge in [-0.1, -0.05) is 251 Å². The van der Waals surface area contributed by atoms with Crippen LogP contribution < -0.4 is 5.32 Å². The van der Waals surface area contributed by atoms with E-state index in [4.69, 9.17) is 4.74 Å². The first-order chi connectivity index (χ1) is 30.0. The Kier molecular flexibility index (Phi) is 50.1. The summed E-state index contributed by atoms with van der Waals surface area (Å²) >= 11 is 0. The maximum absolute atomic E-state index is 12.5. The van der Waals surface area contributed by atoms with Crippen molar-refractivity contribution in [1.82, 2.24) is 5.32 Å². The molecule has 362 valence electrons. The van der Waals surface area contributed by atoms with Gasteiger partial charge >= 0.3 is 5.97 Å². The Morgan fingerprint density at radius 3 is 1.18 bits per heavy atom. The molecule has 0 aliphatic carbocycles. The highest BCUT2D eigenvalue weighted by Gasteiger charge is 2.20. The Morgan fingerprint density at radius 2 is 0.770 bits per heavy atom. The van der Waals surface area contributed by atoms with Crippen molar-refractivity contribution in [1.29, 1.82) is 0 Å². The van der Waals surface area contributed by atoms with E-state index in [0.29, 0.717) is 25.9 Å². The van der Waals surface area contributed by atoms with Crippen molar-refractivity contribution in [3.05, 3.63) is 12.2 Å². The lowest BCUT2D eigenvalue weighted by Gasteiger charge is -2.22. The van der Waals surface area contributed by atoms with Crippen LogP contribution in [0.4, 0.5) is 0 Å². The van der Waals surface area contributed by atoms with Gasteiger partial charge in [0.2, 0.25) is 5.91 Å². The minimum atomic E-state index is -0.669. The van der Waals surface area contributed by atoms with Crippen LogP contribution in [-0.4, -0.2) is 47.4 Å². The fourth-order valence-electron chi connectivity index (χ4n) is 8.58. The summed E-state index contributed by atoms with van der Waals surface area (Å²) in [7, 11) is 0. The Balaban J connectivity index is 3.43. The first-order valence-corrected chi connectivity index (χ1v) is 27.4. The first kappa shape index (κ1) is 59.6. The molecule has 2 unspecified atom stereocenters. The third kappa shape index (κ3) is 47.9. The summed E-state index contributed by atoms with van der Waals surface area (Å²) < 4.78 is 5.46. The van der Waals surface area contributed by atoms with Crippen molar-refractivity contribution in [3.8, 4) is 0 Å². The highest BCUT2D eigenvalue weighted by Crippen LogP contribution is 2.17. The van der Waals surface area contributed by atoms with Crippen LogP contribution in [-0.2, 0) is 14.3 Å². The molecule has 0 aliphatic heterocycles. The average Bonchev–Trinajstić information content (AvgIpc) is 3.26. The predicted octanol–water partition coefficient (Wildman–Crippen LogP) is 16.5. The number of hydrogen-bond acceptors (Lipinski definition) is 5. The third-order valence-corrected chi connectivity index (χ3v) is 12.8. The molecule has 0 fully saturated rings. The molecular formula is C55H107NO5. The van der Waals surface area contributed by atoms with Crippen LogP contribution >= 0.6 is 0 Å². The lowest BCUT2D eigenvalue weighted by atomic mass is 10.0. The smallest absolute Gasteiger partial charge is 0.305 e. The molecular weight excluding hydrogens is 755 g/mol. The number of nitrogens with one attached hydrogen (secondary N) is 1. The Hall–Kier alpha value is -1.40. The molecule has 2 atom stereocenters. The molecule has 0 rings (SSSR count). The number of esters is 1. The second-order valence-corrected chi connectivity index (χ2v) is 18.9. The van der Waals surface area contributed by atoms with Crippen molar-refractivity contribution in [2.24, 2.45) is 0 Å². The number of hydrogen-bond donors (Lipinski definition) is 3. The van der Waals surface area contributed by atoms with E-state index in [0.717, 1.165) is 51.4 Å². The Morgan fingerprint density at radius 1 is 0.443 bits per heavy atom. The topological polar surface area (TPSA) is 95.9 Å². The third-order valence-electron chi connectivity index (χ3n) is 12.8. The van der Waals surface area contributed by atoms with E-state index in [1.165, 1.54) is 218 Å². The average molecular weight is 862 g/mol. The zero-order valence-electron chi connectivity index (χ0n) is 41.2. The highest BCUT2D eigenvalue weighted by molar-refractivity contribution is 5.76. The molecule has 0 aromatic rings. The molecule has 0 saturated heterocycles. The quantitative estimate of drug-likeness (QED) is 0.0322. The largest absolute Gasteiger partial charge is 0.466 e. The number of carbonyl (C=O) groups excluding carboxylic acids is 2. The van der Waals surface area contributed by atoms with Gasteiger partial charge in [0.05, 0.1) is 25.4 Å². The van der Waals surface area contributed by atoms with Crippen molar-refractivity contribution in [2.45, 2.75) is 315 Å². The normalized spacial score (nSPS) is 12.7. The molecule has 0 aromatic heterocycles. The summed E-state index contributed by atoms with van der Waals surface area (Å²) in [5.41, 5.74) is 0. The van der Waals surface area contributed by atoms with E-state index in [2.05, 4.69) is 31.3 Å². The monoisotopic (exact) mass is 862 g/mol. The number of rotatable bonds is 51. The molecule has 6 heteroatoms. The predicted molar refractivity (Wildman–Crippen MR) is 264 cm³/mol. The van der Waals surface area contributed by atoms with Gasteiger partial charge in [0, 0.05) is 12.8 Å². The molecule has 1 amide bonds. The van der Waals surface area contributed by atoms with Crippen LogP contribution in [0.1, 0.15) is 303 Å². The molecule has 0 heterocycles. The van der Waals surface area contributed by atoms with Gasteiger partial charge in [-0.2, -0.15) is 0 Å². The SMILES string of the molecule is CCCCCC/C=C\CCCCCCCC(=O)OCCCCCCCCCCCCCCCCCC(=O)NC(CO)C(O)CCCCCCCCCCCCCCCCCC. The summed E-state index contributed by atoms with van der Waals surface area (Å²) in [6, 6.07) is -0.547. The molecule has 0 spiro atoms. The van der Waals surface area contributed by atoms with Gasteiger partial charge in [-0.3, -0.25) is 9.59 Å². The molecule has 0 bridgehead atoms. The van der Waals surface area contributed by atoms with Gasteiger partial charge in [-0.25, -0.2) is 0 Å². The molecule has 0 radical (unpaired) electrons. The minimum absolute atomic E-state index is 0.00808. The van der Waals surface area contributed by atoms with Crippen LogP contribution in [0.5, 0.6) is 0 Å². The molecule has 0 aromatic carbocycles. The maximum atomic E-state index is 12.5. The van der Waals surface area contributed by atoms with E-state index in [1.807, 2.05) is 0 Å². The number of ether oxygens (including phenoxy) is 1. The summed E-state index contributed by atoms with van der Waals surface area (Å²) in [4.78, 5) is 24.5. The maximum Gasteiger partial charge on any atom is 0.305 e. The Labute approximate surface area is 380 Å². The molecule has 0 saturated carbocycles. The molecule has 3 N–H and O–H groups in total.